The fourth-order valence-electron chi connectivity index (χ4n) is 5.34. The van der Waals surface area contributed by atoms with E-state index < -0.39 is 28.9 Å². The second-order valence-corrected chi connectivity index (χ2v) is 11.0. The van der Waals surface area contributed by atoms with E-state index in [0.717, 1.165) is 11.8 Å². The third-order valence-corrected chi connectivity index (χ3v) is 8.21. The molecule has 1 amide bonds. The predicted octanol–water partition coefficient (Wildman–Crippen LogP) is 3.56. The molecule has 6 rings (SSSR count). The number of anilines is 2. The van der Waals surface area contributed by atoms with Gasteiger partial charge in [0.25, 0.3) is 0 Å². The fourth-order valence-corrected chi connectivity index (χ4v) is 5.34. The van der Waals surface area contributed by atoms with Crippen molar-refractivity contribution in [1.29, 1.82) is 0 Å². The topological polar surface area (TPSA) is 104 Å². The summed E-state index contributed by atoms with van der Waals surface area (Å²) in [5.74, 6) is -4.31. The lowest BCUT2D eigenvalue weighted by atomic mass is 9.96. The molecule has 2 aliphatic heterocycles. The van der Waals surface area contributed by atoms with Crippen LogP contribution in [0.1, 0.15) is 42.6 Å². The number of pyridine rings is 1. The Morgan fingerprint density at radius 3 is 2.58 bits per heavy atom. The second-order valence-electron chi connectivity index (χ2n) is 11.0. The van der Waals surface area contributed by atoms with E-state index in [2.05, 4.69) is 25.4 Å². The number of aliphatic hydroxyl groups is 1. The molecular formula is C28H31F3N6O3. The summed E-state index contributed by atoms with van der Waals surface area (Å²) in [6.45, 7) is 6.89. The van der Waals surface area contributed by atoms with E-state index in [1.165, 1.54) is 12.1 Å². The van der Waals surface area contributed by atoms with Crippen molar-refractivity contribution in [2.45, 2.75) is 44.3 Å². The first kappa shape index (κ1) is 26.7. The van der Waals surface area contributed by atoms with Crippen molar-refractivity contribution in [2.24, 2.45) is 5.92 Å². The minimum atomic E-state index is -3.69. The van der Waals surface area contributed by atoms with Gasteiger partial charge in [-0.3, -0.25) is 9.78 Å². The highest BCUT2D eigenvalue weighted by molar-refractivity contribution is 5.92. The van der Waals surface area contributed by atoms with Crippen LogP contribution in [0.4, 0.5) is 24.7 Å². The first-order valence-electron chi connectivity index (χ1n) is 13.5. The maximum atomic E-state index is 15.4. The van der Waals surface area contributed by atoms with Gasteiger partial charge in [0.2, 0.25) is 5.91 Å². The maximum absolute atomic E-state index is 15.4. The summed E-state index contributed by atoms with van der Waals surface area (Å²) in [7, 11) is 0. The zero-order chi connectivity index (χ0) is 28.2. The van der Waals surface area contributed by atoms with E-state index in [9.17, 15) is 18.7 Å². The summed E-state index contributed by atoms with van der Waals surface area (Å²) < 4.78 is 50.3. The van der Waals surface area contributed by atoms with Gasteiger partial charge in [0, 0.05) is 37.1 Å². The lowest BCUT2D eigenvalue weighted by molar-refractivity contribution is -0.150. The third-order valence-electron chi connectivity index (χ3n) is 8.21. The van der Waals surface area contributed by atoms with Gasteiger partial charge in [0.15, 0.2) is 5.82 Å². The molecule has 40 heavy (non-hydrogen) atoms. The van der Waals surface area contributed by atoms with Crippen LogP contribution in [0.25, 0.3) is 10.9 Å². The molecular weight excluding hydrogens is 525 g/mol. The zero-order valence-corrected chi connectivity index (χ0v) is 22.3. The number of amides is 1. The van der Waals surface area contributed by atoms with Gasteiger partial charge >= 0.3 is 5.92 Å². The Kier molecular flexibility index (Phi) is 6.57. The molecule has 212 valence electrons. The summed E-state index contributed by atoms with van der Waals surface area (Å²) in [5.41, 5.74) is -0.912. The first-order valence-corrected chi connectivity index (χ1v) is 13.5. The van der Waals surface area contributed by atoms with Crippen molar-refractivity contribution in [2.75, 3.05) is 49.6 Å². The highest BCUT2D eigenvalue weighted by atomic mass is 19.3. The molecule has 3 aromatic rings. The fraction of sp³-hybridized carbons (Fsp3) is 0.500. The number of hydrogen-bond donors (Lipinski definition) is 2. The van der Waals surface area contributed by atoms with Gasteiger partial charge in [-0.1, -0.05) is 12.1 Å². The average Bonchev–Trinajstić information content (AvgIpc) is 3.68. The van der Waals surface area contributed by atoms with Gasteiger partial charge in [-0.05, 0) is 38.8 Å². The van der Waals surface area contributed by atoms with Crippen LogP contribution >= 0.6 is 0 Å². The van der Waals surface area contributed by atoms with Crippen LogP contribution in [-0.4, -0.2) is 76.1 Å². The van der Waals surface area contributed by atoms with Crippen LogP contribution in [0.5, 0.6) is 0 Å². The number of aromatic nitrogens is 3. The van der Waals surface area contributed by atoms with Gasteiger partial charge in [-0.25, -0.2) is 4.39 Å². The smallest absolute Gasteiger partial charge is 0.304 e. The van der Waals surface area contributed by atoms with Crippen molar-refractivity contribution in [1.82, 2.24) is 20.1 Å². The monoisotopic (exact) mass is 556 g/mol. The number of carbonyl (C=O) groups excluding carboxylic acids is 1. The molecule has 2 saturated heterocycles. The highest BCUT2D eigenvalue weighted by Crippen LogP contribution is 2.54. The lowest BCUT2D eigenvalue weighted by Gasteiger charge is -2.39. The van der Waals surface area contributed by atoms with Gasteiger partial charge < -0.3 is 25.0 Å². The second kappa shape index (κ2) is 9.84. The van der Waals surface area contributed by atoms with E-state index in [4.69, 9.17) is 4.74 Å². The van der Waals surface area contributed by atoms with Crippen LogP contribution in [-0.2, 0) is 15.5 Å². The number of nitrogens with zero attached hydrogens (tertiary/aromatic N) is 5. The molecule has 0 bridgehead atoms. The SMILES string of the molecule is Cc1nnc(N[C@H](C)c2cccc(C(F)(F)C3(O)CC3)c2F)c2cc(N3CCN(C(=O)C4COC4)CC3)cnc12. The van der Waals surface area contributed by atoms with Crippen molar-refractivity contribution in [3.05, 3.63) is 53.1 Å². The lowest BCUT2D eigenvalue weighted by Crippen LogP contribution is -2.53. The number of ether oxygens (including phenoxy) is 1. The van der Waals surface area contributed by atoms with E-state index in [1.54, 1.807) is 20.0 Å². The Morgan fingerprint density at radius 1 is 1.20 bits per heavy atom. The molecule has 1 aromatic carbocycles. The number of halogens is 3. The third kappa shape index (κ3) is 4.52. The number of carbonyl (C=O) groups is 1. The average molecular weight is 557 g/mol. The van der Waals surface area contributed by atoms with Crippen LogP contribution in [0, 0.1) is 18.7 Å². The number of rotatable bonds is 7. The number of hydrogen-bond acceptors (Lipinski definition) is 8. The number of fused-ring (bicyclic) bond motifs is 1. The van der Waals surface area contributed by atoms with E-state index >= 15 is 4.39 Å². The Balaban J connectivity index is 1.24. The summed E-state index contributed by atoms with van der Waals surface area (Å²) >= 11 is 0. The van der Waals surface area contributed by atoms with Crippen molar-refractivity contribution >= 4 is 28.3 Å². The number of piperazine rings is 1. The summed E-state index contributed by atoms with van der Waals surface area (Å²) in [5, 5.41) is 22.3. The van der Waals surface area contributed by atoms with Crippen LogP contribution < -0.4 is 10.2 Å². The molecule has 1 aliphatic carbocycles. The van der Waals surface area contributed by atoms with Crippen molar-refractivity contribution in [3.63, 3.8) is 0 Å². The molecule has 0 unspecified atom stereocenters. The van der Waals surface area contributed by atoms with Crippen LogP contribution in [0.2, 0.25) is 0 Å². The number of nitrogens with one attached hydrogen (secondary N) is 1. The summed E-state index contributed by atoms with van der Waals surface area (Å²) in [6, 6.07) is 5.02. The summed E-state index contributed by atoms with van der Waals surface area (Å²) in [4.78, 5) is 21.2. The molecule has 3 fully saturated rings. The molecule has 12 heteroatoms. The van der Waals surface area contributed by atoms with Crippen molar-refractivity contribution in [3.8, 4) is 0 Å². The van der Waals surface area contributed by atoms with E-state index in [0.29, 0.717) is 61.8 Å². The van der Waals surface area contributed by atoms with Gasteiger partial charge in [0.05, 0.1) is 53.8 Å². The Labute approximate surface area is 229 Å². The number of aryl methyl sites for hydroxylation is 1. The normalized spacial score (nSPS) is 19.9. The largest absolute Gasteiger partial charge is 0.383 e. The van der Waals surface area contributed by atoms with Crippen LogP contribution in [0.3, 0.4) is 0 Å². The maximum Gasteiger partial charge on any atom is 0.304 e. The Bertz CT molecular complexity index is 1450. The standard InChI is InChI=1S/C28H31F3N6O3/c1-16(20-4-3-5-22(23(20)29)28(30,31)27(39)6-7-27)33-25-21-12-19(13-32-24(21)17(2)34-35-25)36-8-10-37(11-9-36)26(38)18-14-40-15-18/h3-5,12-13,16,18,39H,6-11,14-15H2,1-2H3,(H,33,35)/t16-/m1/s1. The minimum absolute atomic E-state index is 0.0266. The van der Waals surface area contributed by atoms with Gasteiger partial charge in [0.1, 0.15) is 11.4 Å². The number of benzene rings is 1. The number of alkyl halides is 2. The molecule has 3 aliphatic rings. The molecule has 0 radical (unpaired) electrons. The Hall–Kier alpha value is -3.51. The van der Waals surface area contributed by atoms with E-state index in [1.807, 2.05) is 11.0 Å². The molecule has 0 spiro atoms. The van der Waals surface area contributed by atoms with E-state index in [-0.39, 0.29) is 30.2 Å². The van der Waals surface area contributed by atoms with Gasteiger partial charge in [-0.15, -0.1) is 5.10 Å². The molecule has 2 N–H and O–H groups in total. The first-order chi connectivity index (χ1) is 19.1. The summed E-state index contributed by atoms with van der Waals surface area (Å²) in [6.07, 6.45) is 1.62. The molecule has 2 aromatic heterocycles. The minimum Gasteiger partial charge on any atom is -0.383 e. The quantitative estimate of drug-likeness (QED) is 0.456. The zero-order valence-electron chi connectivity index (χ0n) is 22.3. The molecule has 1 saturated carbocycles. The Morgan fingerprint density at radius 2 is 1.93 bits per heavy atom. The van der Waals surface area contributed by atoms with Crippen molar-refractivity contribution < 1.29 is 27.8 Å². The molecule has 1 atom stereocenters. The predicted molar refractivity (Wildman–Crippen MR) is 142 cm³/mol. The molecule has 4 heterocycles. The van der Waals surface area contributed by atoms with Crippen LogP contribution in [0.15, 0.2) is 30.5 Å². The van der Waals surface area contributed by atoms with Gasteiger partial charge in [-0.2, -0.15) is 13.9 Å². The molecule has 9 nitrogen and oxygen atoms in total. The highest BCUT2D eigenvalue weighted by Gasteiger charge is 2.63.